The molecule has 0 saturated carbocycles. The fourth-order valence-corrected chi connectivity index (χ4v) is 2.26. The lowest BCUT2D eigenvalue weighted by atomic mass is 10.1. The minimum absolute atomic E-state index is 0.116. The van der Waals surface area contributed by atoms with Crippen LogP contribution < -0.4 is 11.1 Å². The van der Waals surface area contributed by atoms with Crippen LogP contribution in [0.5, 0.6) is 0 Å². The van der Waals surface area contributed by atoms with Crippen molar-refractivity contribution < 1.29 is 4.79 Å². The number of amides is 1. The molecule has 0 spiro atoms. The second-order valence-corrected chi connectivity index (χ2v) is 4.99. The van der Waals surface area contributed by atoms with Gasteiger partial charge in [-0.1, -0.05) is 41.9 Å². The van der Waals surface area contributed by atoms with Gasteiger partial charge in [0.1, 0.15) is 11.5 Å². The van der Waals surface area contributed by atoms with Crippen molar-refractivity contribution >= 4 is 39.8 Å². The molecule has 3 aromatic rings. The number of aromatic nitrogens is 1. The highest BCUT2D eigenvalue weighted by molar-refractivity contribution is 6.34. The number of nitrogens with one attached hydrogen (secondary N) is 1. The van der Waals surface area contributed by atoms with Crippen molar-refractivity contribution in [3.63, 3.8) is 0 Å². The van der Waals surface area contributed by atoms with Gasteiger partial charge >= 0.3 is 0 Å². The van der Waals surface area contributed by atoms with E-state index < -0.39 is 0 Å². The molecule has 21 heavy (non-hydrogen) atoms. The molecule has 3 N–H and O–H groups in total. The average molecular weight is 298 g/mol. The largest absolute Gasteiger partial charge is 0.384 e. The summed E-state index contributed by atoms with van der Waals surface area (Å²) >= 11 is 5.97. The van der Waals surface area contributed by atoms with Gasteiger partial charge in [0.2, 0.25) is 0 Å². The highest BCUT2D eigenvalue weighted by Gasteiger charge is 2.13. The van der Waals surface area contributed by atoms with Gasteiger partial charge in [-0.3, -0.25) is 4.79 Å². The van der Waals surface area contributed by atoms with E-state index in [1.165, 1.54) is 0 Å². The Labute approximate surface area is 126 Å². The van der Waals surface area contributed by atoms with Crippen LogP contribution >= 0.6 is 11.6 Å². The first-order valence-electron chi connectivity index (χ1n) is 6.36. The van der Waals surface area contributed by atoms with Crippen LogP contribution in [0, 0.1) is 0 Å². The summed E-state index contributed by atoms with van der Waals surface area (Å²) < 4.78 is 0. The van der Waals surface area contributed by atoms with Gasteiger partial charge in [0.05, 0.1) is 5.02 Å². The zero-order chi connectivity index (χ0) is 14.8. The van der Waals surface area contributed by atoms with Crippen LogP contribution in [-0.2, 0) is 0 Å². The number of nitrogen functional groups attached to an aromatic ring is 1. The molecule has 0 bridgehead atoms. The maximum atomic E-state index is 12.2. The third-order valence-electron chi connectivity index (χ3n) is 3.09. The molecule has 1 heterocycles. The lowest BCUT2D eigenvalue weighted by Crippen LogP contribution is -2.15. The highest BCUT2D eigenvalue weighted by atomic mass is 35.5. The van der Waals surface area contributed by atoms with Crippen molar-refractivity contribution in [2.24, 2.45) is 0 Å². The number of pyridine rings is 1. The molecule has 0 fully saturated rings. The van der Waals surface area contributed by atoms with Crippen LogP contribution in [-0.4, -0.2) is 10.9 Å². The fraction of sp³-hybridized carbons (Fsp3) is 0. The summed E-state index contributed by atoms with van der Waals surface area (Å²) in [6, 6.07) is 16.7. The van der Waals surface area contributed by atoms with Crippen molar-refractivity contribution in [1.82, 2.24) is 4.98 Å². The Balaban J connectivity index is 1.90. The van der Waals surface area contributed by atoms with Crippen molar-refractivity contribution in [1.29, 1.82) is 0 Å². The Morgan fingerprint density at radius 3 is 2.62 bits per heavy atom. The molecule has 0 aliphatic carbocycles. The van der Waals surface area contributed by atoms with E-state index >= 15 is 0 Å². The molecule has 0 aliphatic rings. The number of halogens is 1. The summed E-state index contributed by atoms with van der Waals surface area (Å²) in [6.45, 7) is 0. The molecule has 104 valence electrons. The predicted molar refractivity (Wildman–Crippen MR) is 85.6 cm³/mol. The molecule has 1 amide bonds. The average Bonchev–Trinajstić information content (AvgIpc) is 2.49. The number of hydrogen-bond donors (Lipinski definition) is 2. The zero-order valence-electron chi connectivity index (χ0n) is 11.0. The van der Waals surface area contributed by atoms with Crippen molar-refractivity contribution in [2.75, 3.05) is 11.1 Å². The fourth-order valence-electron chi connectivity index (χ4n) is 2.07. The SMILES string of the molecule is Nc1ccc(Cl)c(C(=O)Nc2ccc3ccccc3c2)n1. The number of nitrogens with zero attached hydrogens (tertiary/aromatic N) is 1. The van der Waals surface area contributed by atoms with Crippen LogP contribution in [0.3, 0.4) is 0 Å². The Bertz CT molecular complexity index is 833. The third kappa shape index (κ3) is 2.80. The zero-order valence-corrected chi connectivity index (χ0v) is 11.8. The minimum atomic E-state index is -0.386. The number of fused-ring (bicyclic) bond motifs is 1. The van der Waals surface area contributed by atoms with E-state index in [-0.39, 0.29) is 22.4 Å². The minimum Gasteiger partial charge on any atom is -0.384 e. The van der Waals surface area contributed by atoms with E-state index in [2.05, 4.69) is 10.3 Å². The molecular formula is C16H12ClN3O. The molecule has 0 atom stereocenters. The normalized spacial score (nSPS) is 10.5. The second kappa shape index (κ2) is 5.42. The van der Waals surface area contributed by atoms with Gasteiger partial charge in [-0.2, -0.15) is 0 Å². The van der Waals surface area contributed by atoms with Gasteiger partial charge in [-0.15, -0.1) is 0 Å². The smallest absolute Gasteiger partial charge is 0.275 e. The van der Waals surface area contributed by atoms with E-state index in [0.29, 0.717) is 5.69 Å². The summed E-state index contributed by atoms with van der Waals surface area (Å²) in [5.41, 5.74) is 6.38. The standard InChI is InChI=1S/C16H12ClN3O/c17-13-7-8-14(18)20-15(13)16(21)19-12-6-5-10-3-1-2-4-11(10)9-12/h1-9H,(H2,18,20)(H,19,21). The van der Waals surface area contributed by atoms with Gasteiger partial charge in [-0.05, 0) is 35.0 Å². The summed E-state index contributed by atoms with van der Waals surface area (Å²) in [5.74, 6) is -0.134. The van der Waals surface area contributed by atoms with Crippen LogP contribution in [0.15, 0.2) is 54.6 Å². The molecule has 4 nitrogen and oxygen atoms in total. The molecule has 0 radical (unpaired) electrons. The Morgan fingerprint density at radius 2 is 1.81 bits per heavy atom. The van der Waals surface area contributed by atoms with Gasteiger partial charge in [-0.25, -0.2) is 4.98 Å². The molecule has 0 unspecified atom stereocenters. The van der Waals surface area contributed by atoms with E-state index in [1.807, 2.05) is 42.5 Å². The second-order valence-electron chi connectivity index (χ2n) is 4.58. The van der Waals surface area contributed by atoms with E-state index in [1.54, 1.807) is 12.1 Å². The highest BCUT2D eigenvalue weighted by Crippen LogP contribution is 2.21. The maximum Gasteiger partial charge on any atom is 0.275 e. The number of rotatable bonds is 2. The van der Waals surface area contributed by atoms with Crippen molar-refractivity contribution in [2.45, 2.75) is 0 Å². The Morgan fingerprint density at radius 1 is 1.05 bits per heavy atom. The van der Waals surface area contributed by atoms with Crippen molar-refractivity contribution in [3.05, 3.63) is 65.3 Å². The first-order valence-corrected chi connectivity index (χ1v) is 6.73. The number of carbonyl (C=O) groups excluding carboxylic acids is 1. The topological polar surface area (TPSA) is 68.0 Å². The number of carbonyl (C=O) groups is 1. The van der Waals surface area contributed by atoms with Crippen molar-refractivity contribution in [3.8, 4) is 0 Å². The van der Waals surface area contributed by atoms with Gasteiger partial charge in [0.25, 0.3) is 5.91 Å². The molecule has 2 aromatic carbocycles. The molecule has 0 aliphatic heterocycles. The lowest BCUT2D eigenvalue weighted by molar-refractivity contribution is 0.102. The van der Waals surface area contributed by atoms with Gasteiger partial charge in [0.15, 0.2) is 0 Å². The lowest BCUT2D eigenvalue weighted by Gasteiger charge is -2.07. The molecule has 1 aromatic heterocycles. The van der Waals surface area contributed by atoms with E-state index in [0.717, 1.165) is 10.8 Å². The first kappa shape index (κ1) is 13.4. The molecular weight excluding hydrogens is 286 g/mol. The molecule has 3 rings (SSSR count). The van der Waals surface area contributed by atoms with Gasteiger partial charge in [0, 0.05) is 5.69 Å². The van der Waals surface area contributed by atoms with Crippen LogP contribution in [0.2, 0.25) is 5.02 Å². The monoisotopic (exact) mass is 297 g/mol. The summed E-state index contributed by atoms with van der Waals surface area (Å²) in [6.07, 6.45) is 0. The Kier molecular flexibility index (Phi) is 3.46. The van der Waals surface area contributed by atoms with Gasteiger partial charge < -0.3 is 11.1 Å². The summed E-state index contributed by atoms with van der Waals surface area (Å²) in [7, 11) is 0. The number of nitrogens with two attached hydrogens (primary N) is 1. The van der Waals surface area contributed by atoms with Crippen LogP contribution in [0.25, 0.3) is 10.8 Å². The third-order valence-corrected chi connectivity index (χ3v) is 3.39. The summed E-state index contributed by atoms with van der Waals surface area (Å²) in [5, 5.41) is 5.19. The predicted octanol–water partition coefficient (Wildman–Crippen LogP) is 3.72. The van der Waals surface area contributed by atoms with E-state index in [9.17, 15) is 4.79 Å². The van der Waals surface area contributed by atoms with Crippen LogP contribution in [0.1, 0.15) is 10.5 Å². The number of hydrogen-bond acceptors (Lipinski definition) is 3. The Hall–Kier alpha value is -2.59. The van der Waals surface area contributed by atoms with Crippen LogP contribution in [0.4, 0.5) is 11.5 Å². The number of benzene rings is 2. The maximum absolute atomic E-state index is 12.2. The quantitative estimate of drug-likeness (QED) is 0.757. The first-order chi connectivity index (χ1) is 10.1. The number of anilines is 2. The molecule has 5 heteroatoms. The van der Waals surface area contributed by atoms with E-state index in [4.69, 9.17) is 17.3 Å². The summed E-state index contributed by atoms with van der Waals surface area (Å²) in [4.78, 5) is 16.2. The molecule has 0 saturated heterocycles.